The highest BCUT2D eigenvalue weighted by Crippen LogP contribution is 2.42. The van der Waals surface area contributed by atoms with Crippen molar-refractivity contribution >= 4 is 22.9 Å². The number of piperidine rings is 1. The molecule has 0 radical (unpaired) electrons. The second-order valence-corrected chi connectivity index (χ2v) is 9.13. The summed E-state index contributed by atoms with van der Waals surface area (Å²) in [6.07, 6.45) is 9.60. The van der Waals surface area contributed by atoms with Crippen LogP contribution in [0.3, 0.4) is 0 Å². The minimum absolute atomic E-state index is 0.126. The molecule has 2 amide bonds. The molecular weight excluding hydrogens is 380 g/mol. The Balaban J connectivity index is 1.36. The standard InChI is InChI=1S/C23H30N4O3/c1-24-21(28)17-13-18(14-7-8-14)25-22-19(17)20(26-30-22)15-9-11-27(12-10-15)23(29)16-5-3-2-4-6-16/h13-16H,2-12H2,1H3,(H,24,28). The Labute approximate surface area is 176 Å². The fraction of sp³-hybridized carbons (Fsp3) is 0.652. The summed E-state index contributed by atoms with van der Waals surface area (Å²) in [6, 6.07) is 1.92. The molecule has 0 atom stereocenters. The summed E-state index contributed by atoms with van der Waals surface area (Å²) in [7, 11) is 1.65. The summed E-state index contributed by atoms with van der Waals surface area (Å²) in [6.45, 7) is 1.49. The smallest absolute Gasteiger partial charge is 0.259 e. The quantitative estimate of drug-likeness (QED) is 0.829. The molecule has 2 saturated carbocycles. The van der Waals surface area contributed by atoms with E-state index in [4.69, 9.17) is 4.52 Å². The van der Waals surface area contributed by atoms with Crippen molar-refractivity contribution in [3.8, 4) is 0 Å². The third-order valence-electron chi connectivity index (χ3n) is 7.11. The van der Waals surface area contributed by atoms with Crippen molar-refractivity contribution in [2.24, 2.45) is 5.92 Å². The van der Waals surface area contributed by atoms with Gasteiger partial charge >= 0.3 is 0 Å². The van der Waals surface area contributed by atoms with E-state index < -0.39 is 0 Å². The summed E-state index contributed by atoms with van der Waals surface area (Å²) < 4.78 is 5.60. The highest BCUT2D eigenvalue weighted by molar-refractivity contribution is 6.06. The maximum atomic E-state index is 12.9. The largest absolute Gasteiger partial charge is 0.355 e. The molecule has 0 aromatic carbocycles. The van der Waals surface area contributed by atoms with E-state index in [1.807, 2.05) is 11.0 Å². The molecule has 2 aromatic rings. The van der Waals surface area contributed by atoms with E-state index >= 15 is 0 Å². The van der Waals surface area contributed by atoms with Crippen LogP contribution in [0.2, 0.25) is 0 Å². The number of likely N-dealkylation sites (tertiary alicyclic amines) is 1. The third-order valence-corrected chi connectivity index (χ3v) is 7.11. The highest BCUT2D eigenvalue weighted by Gasteiger charge is 2.34. The summed E-state index contributed by atoms with van der Waals surface area (Å²) in [5, 5.41) is 7.85. The SMILES string of the molecule is CNC(=O)c1cc(C2CC2)nc2onc(C3CCN(C(=O)C4CCCCC4)CC3)c12. The molecule has 3 heterocycles. The van der Waals surface area contributed by atoms with Gasteiger partial charge in [-0.25, -0.2) is 4.98 Å². The first-order valence-corrected chi connectivity index (χ1v) is 11.5. The van der Waals surface area contributed by atoms with Crippen molar-refractivity contribution in [1.82, 2.24) is 20.4 Å². The lowest BCUT2D eigenvalue weighted by molar-refractivity contribution is -0.137. The lowest BCUT2D eigenvalue weighted by atomic mass is 9.86. The first kappa shape index (κ1) is 19.5. The van der Waals surface area contributed by atoms with Gasteiger partial charge < -0.3 is 14.7 Å². The summed E-state index contributed by atoms with van der Waals surface area (Å²) in [5.74, 6) is 1.03. The lowest BCUT2D eigenvalue weighted by Gasteiger charge is -2.34. The third kappa shape index (κ3) is 3.59. The molecule has 0 unspecified atom stereocenters. The van der Waals surface area contributed by atoms with Crippen LogP contribution in [0.25, 0.3) is 11.1 Å². The van der Waals surface area contributed by atoms with E-state index in [-0.39, 0.29) is 17.7 Å². The summed E-state index contributed by atoms with van der Waals surface area (Å²) in [4.78, 5) is 32.2. The van der Waals surface area contributed by atoms with Gasteiger partial charge in [0.2, 0.25) is 5.91 Å². The van der Waals surface area contributed by atoms with Gasteiger partial charge in [-0.3, -0.25) is 9.59 Å². The fourth-order valence-corrected chi connectivity index (χ4v) is 5.15. The Morgan fingerprint density at radius 3 is 2.43 bits per heavy atom. The molecule has 7 heteroatoms. The van der Waals surface area contributed by atoms with Gasteiger partial charge in [0.1, 0.15) is 0 Å². The van der Waals surface area contributed by atoms with Crippen LogP contribution in [0.4, 0.5) is 0 Å². The Morgan fingerprint density at radius 1 is 1.03 bits per heavy atom. The normalized spacial score (nSPS) is 21.2. The lowest BCUT2D eigenvalue weighted by Crippen LogP contribution is -2.42. The second-order valence-electron chi connectivity index (χ2n) is 9.13. The highest BCUT2D eigenvalue weighted by atomic mass is 16.5. The molecule has 3 aliphatic rings. The predicted molar refractivity (Wildman–Crippen MR) is 112 cm³/mol. The molecular formula is C23H30N4O3. The summed E-state index contributed by atoms with van der Waals surface area (Å²) in [5.41, 5.74) is 2.83. The van der Waals surface area contributed by atoms with Crippen molar-refractivity contribution in [3.05, 3.63) is 23.0 Å². The summed E-state index contributed by atoms with van der Waals surface area (Å²) >= 11 is 0. The number of nitrogens with zero attached hydrogens (tertiary/aromatic N) is 3. The zero-order valence-electron chi connectivity index (χ0n) is 17.7. The number of rotatable bonds is 4. The number of carbonyl (C=O) groups is 2. The van der Waals surface area contributed by atoms with Crippen LogP contribution < -0.4 is 5.32 Å². The monoisotopic (exact) mass is 410 g/mol. The maximum Gasteiger partial charge on any atom is 0.259 e. The number of carbonyl (C=O) groups excluding carboxylic acids is 2. The van der Waals surface area contributed by atoms with Crippen LogP contribution >= 0.6 is 0 Å². The number of fused-ring (bicyclic) bond motifs is 1. The number of pyridine rings is 1. The van der Waals surface area contributed by atoms with Crippen molar-refractivity contribution in [2.45, 2.75) is 69.6 Å². The minimum atomic E-state index is -0.126. The minimum Gasteiger partial charge on any atom is -0.355 e. The Kier molecular flexibility index (Phi) is 5.21. The van der Waals surface area contributed by atoms with E-state index in [0.717, 1.165) is 68.4 Å². The van der Waals surface area contributed by atoms with Crippen molar-refractivity contribution in [2.75, 3.05) is 20.1 Å². The van der Waals surface area contributed by atoms with Crippen LogP contribution in [0.15, 0.2) is 10.6 Å². The first-order chi connectivity index (χ1) is 14.7. The van der Waals surface area contributed by atoms with Crippen LogP contribution in [0.1, 0.15) is 91.4 Å². The number of hydrogen-bond acceptors (Lipinski definition) is 5. The Bertz CT molecular complexity index is 951. The topological polar surface area (TPSA) is 88.3 Å². The molecule has 1 N–H and O–H groups in total. The number of nitrogens with one attached hydrogen (secondary N) is 1. The van der Waals surface area contributed by atoms with Gasteiger partial charge in [-0.05, 0) is 44.6 Å². The Morgan fingerprint density at radius 2 is 1.77 bits per heavy atom. The van der Waals surface area contributed by atoms with Gasteiger partial charge in [-0.15, -0.1) is 0 Å². The van der Waals surface area contributed by atoms with Crippen LogP contribution in [0, 0.1) is 5.92 Å². The van der Waals surface area contributed by atoms with E-state index in [9.17, 15) is 9.59 Å². The van der Waals surface area contributed by atoms with Gasteiger partial charge in [0.15, 0.2) is 0 Å². The molecule has 30 heavy (non-hydrogen) atoms. The van der Waals surface area contributed by atoms with E-state index in [0.29, 0.717) is 23.1 Å². The maximum absolute atomic E-state index is 12.9. The molecule has 0 spiro atoms. The van der Waals surface area contributed by atoms with Gasteiger partial charge in [0, 0.05) is 43.6 Å². The van der Waals surface area contributed by atoms with Gasteiger partial charge in [0.05, 0.1) is 16.6 Å². The van der Waals surface area contributed by atoms with Gasteiger partial charge in [0.25, 0.3) is 11.6 Å². The van der Waals surface area contributed by atoms with Crippen molar-refractivity contribution in [1.29, 1.82) is 0 Å². The van der Waals surface area contributed by atoms with E-state index in [1.54, 1.807) is 7.05 Å². The van der Waals surface area contributed by atoms with E-state index in [2.05, 4.69) is 15.5 Å². The number of aromatic nitrogens is 2. The average molecular weight is 411 g/mol. The zero-order valence-corrected chi connectivity index (χ0v) is 17.7. The van der Waals surface area contributed by atoms with Crippen molar-refractivity contribution in [3.63, 3.8) is 0 Å². The van der Waals surface area contributed by atoms with Gasteiger partial charge in [-0.1, -0.05) is 24.4 Å². The van der Waals surface area contributed by atoms with Crippen LogP contribution in [-0.2, 0) is 4.79 Å². The molecule has 1 aliphatic heterocycles. The molecule has 7 nitrogen and oxygen atoms in total. The molecule has 5 rings (SSSR count). The molecule has 3 fully saturated rings. The fourth-order valence-electron chi connectivity index (χ4n) is 5.15. The zero-order chi connectivity index (χ0) is 20.7. The second kappa shape index (κ2) is 8.00. The van der Waals surface area contributed by atoms with Gasteiger partial charge in [-0.2, -0.15) is 0 Å². The number of amides is 2. The predicted octanol–water partition coefficient (Wildman–Crippen LogP) is 3.75. The average Bonchev–Trinajstić information content (AvgIpc) is 3.57. The van der Waals surface area contributed by atoms with E-state index in [1.165, 1.54) is 19.3 Å². The van der Waals surface area contributed by atoms with Crippen molar-refractivity contribution < 1.29 is 14.1 Å². The molecule has 2 aliphatic carbocycles. The molecule has 160 valence electrons. The van der Waals surface area contributed by atoms with Crippen LogP contribution in [-0.4, -0.2) is 47.0 Å². The molecule has 0 bridgehead atoms. The first-order valence-electron chi connectivity index (χ1n) is 11.5. The number of hydrogen-bond donors (Lipinski definition) is 1. The molecule has 2 aromatic heterocycles. The molecule has 1 saturated heterocycles. The Hall–Kier alpha value is -2.44. The van der Waals surface area contributed by atoms with Crippen LogP contribution in [0.5, 0.6) is 0 Å².